The van der Waals surface area contributed by atoms with Gasteiger partial charge in [0.05, 0.1) is 11.5 Å². The summed E-state index contributed by atoms with van der Waals surface area (Å²) >= 11 is 0. The molecule has 16 heavy (non-hydrogen) atoms. The molecule has 0 amide bonds. The Morgan fingerprint density at radius 3 is 2.06 bits per heavy atom. The highest BCUT2D eigenvalue weighted by Gasteiger charge is 2.30. The first-order chi connectivity index (χ1) is 7.30. The number of hydrogen-bond donors (Lipinski definition) is 0. The Morgan fingerprint density at radius 2 is 1.69 bits per heavy atom. The zero-order chi connectivity index (χ0) is 12.3. The molecular formula is C11H11F3O2. The van der Waals surface area contributed by atoms with Crippen LogP contribution < -0.4 is 4.74 Å². The molecule has 0 unspecified atom stereocenters. The van der Waals surface area contributed by atoms with Crippen molar-refractivity contribution in [2.75, 3.05) is 0 Å². The lowest BCUT2D eigenvalue weighted by atomic mass is 10.2. The molecule has 0 aromatic heterocycles. The van der Waals surface area contributed by atoms with Gasteiger partial charge in [-0.25, -0.2) is 0 Å². The van der Waals surface area contributed by atoms with E-state index in [1.807, 2.05) is 0 Å². The van der Waals surface area contributed by atoms with Gasteiger partial charge in [-0.1, -0.05) is 13.8 Å². The quantitative estimate of drug-likeness (QED) is 0.577. The number of ether oxygens (including phenoxy) is 1. The Bertz CT molecular complexity index is 366. The van der Waals surface area contributed by atoms with Crippen LogP contribution in [0.4, 0.5) is 13.2 Å². The fraction of sp³-hybridized carbons (Fsp3) is 0.364. The standard InChI is InChI=1S/C11H11F3O2/c1-7(2)10(15)16-9-5-3-8(4-6-9)11(12,13)14/h3-7H,1-2H3. The Hall–Kier alpha value is -1.52. The minimum atomic E-state index is -4.37. The molecule has 0 aliphatic rings. The summed E-state index contributed by atoms with van der Waals surface area (Å²) in [5.74, 6) is -0.672. The van der Waals surface area contributed by atoms with Crippen LogP contribution in [0, 0.1) is 5.92 Å². The van der Waals surface area contributed by atoms with Gasteiger partial charge in [0, 0.05) is 0 Å². The van der Waals surface area contributed by atoms with Crippen molar-refractivity contribution in [2.45, 2.75) is 20.0 Å². The number of carbonyl (C=O) groups is 1. The van der Waals surface area contributed by atoms with E-state index in [0.29, 0.717) is 0 Å². The monoisotopic (exact) mass is 232 g/mol. The van der Waals surface area contributed by atoms with Gasteiger partial charge in [0.2, 0.25) is 0 Å². The van der Waals surface area contributed by atoms with Crippen LogP contribution in [0.25, 0.3) is 0 Å². The number of carbonyl (C=O) groups excluding carboxylic acids is 1. The molecule has 1 aromatic rings. The number of rotatable bonds is 2. The number of alkyl halides is 3. The average Bonchev–Trinajstić information content (AvgIpc) is 2.17. The summed E-state index contributed by atoms with van der Waals surface area (Å²) in [5, 5.41) is 0. The molecule has 0 atom stereocenters. The van der Waals surface area contributed by atoms with Crippen LogP contribution in [0.5, 0.6) is 5.75 Å². The number of esters is 1. The second kappa shape index (κ2) is 4.55. The smallest absolute Gasteiger partial charge is 0.416 e. The summed E-state index contributed by atoms with van der Waals surface area (Å²) in [7, 11) is 0. The van der Waals surface area contributed by atoms with Crippen molar-refractivity contribution in [3.05, 3.63) is 29.8 Å². The molecule has 0 aliphatic heterocycles. The minimum Gasteiger partial charge on any atom is -0.426 e. The van der Waals surface area contributed by atoms with E-state index < -0.39 is 17.7 Å². The molecule has 0 heterocycles. The van der Waals surface area contributed by atoms with Crippen molar-refractivity contribution >= 4 is 5.97 Å². The highest BCUT2D eigenvalue weighted by atomic mass is 19.4. The third kappa shape index (κ3) is 3.25. The molecule has 2 nitrogen and oxygen atoms in total. The maximum Gasteiger partial charge on any atom is 0.416 e. The van der Waals surface area contributed by atoms with Crippen LogP contribution >= 0.6 is 0 Å². The van der Waals surface area contributed by atoms with E-state index in [-0.39, 0.29) is 11.7 Å². The zero-order valence-electron chi connectivity index (χ0n) is 8.84. The molecule has 0 spiro atoms. The van der Waals surface area contributed by atoms with E-state index in [0.717, 1.165) is 24.3 Å². The zero-order valence-corrected chi connectivity index (χ0v) is 8.84. The van der Waals surface area contributed by atoms with Crippen LogP contribution in [-0.2, 0) is 11.0 Å². The molecule has 0 N–H and O–H groups in total. The number of halogens is 3. The molecule has 0 fully saturated rings. The highest BCUT2D eigenvalue weighted by Crippen LogP contribution is 2.30. The van der Waals surface area contributed by atoms with Crippen molar-refractivity contribution in [3.8, 4) is 5.75 Å². The summed E-state index contributed by atoms with van der Waals surface area (Å²) in [6.45, 7) is 3.29. The number of benzene rings is 1. The molecule has 5 heteroatoms. The van der Waals surface area contributed by atoms with Crippen molar-refractivity contribution in [1.29, 1.82) is 0 Å². The predicted octanol–water partition coefficient (Wildman–Crippen LogP) is 3.27. The molecule has 1 rings (SSSR count). The molecule has 0 saturated heterocycles. The summed E-state index contributed by atoms with van der Waals surface area (Å²) in [5.41, 5.74) is -0.767. The SMILES string of the molecule is CC(C)C(=O)Oc1ccc(C(F)(F)F)cc1. The molecule has 1 aromatic carbocycles. The van der Waals surface area contributed by atoms with Crippen LogP contribution in [0.15, 0.2) is 24.3 Å². The largest absolute Gasteiger partial charge is 0.426 e. The summed E-state index contributed by atoms with van der Waals surface area (Å²) in [6.07, 6.45) is -4.37. The van der Waals surface area contributed by atoms with Gasteiger partial charge in [-0.15, -0.1) is 0 Å². The molecule has 0 aliphatic carbocycles. The highest BCUT2D eigenvalue weighted by molar-refractivity contribution is 5.74. The van der Waals surface area contributed by atoms with Gasteiger partial charge in [-0.3, -0.25) is 4.79 Å². The van der Waals surface area contributed by atoms with Crippen LogP contribution in [0.3, 0.4) is 0 Å². The van der Waals surface area contributed by atoms with Gasteiger partial charge in [-0.2, -0.15) is 13.2 Å². The molecule has 0 saturated carbocycles. The first-order valence-electron chi connectivity index (χ1n) is 4.69. The van der Waals surface area contributed by atoms with E-state index in [9.17, 15) is 18.0 Å². The Morgan fingerprint density at radius 1 is 1.19 bits per heavy atom. The Balaban J connectivity index is 2.76. The molecule has 0 radical (unpaired) electrons. The average molecular weight is 232 g/mol. The second-order valence-electron chi connectivity index (χ2n) is 3.60. The molecular weight excluding hydrogens is 221 g/mol. The van der Waals surface area contributed by atoms with Crippen LogP contribution in [0.2, 0.25) is 0 Å². The number of hydrogen-bond acceptors (Lipinski definition) is 2. The predicted molar refractivity (Wildman–Crippen MR) is 51.9 cm³/mol. The second-order valence-corrected chi connectivity index (χ2v) is 3.60. The molecule has 0 bridgehead atoms. The fourth-order valence-electron chi connectivity index (χ4n) is 0.946. The lowest BCUT2D eigenvalue weighted by Crippen LogP contribution is -2.14. The van der Waals surface area contributed by atoms with E-state index in [1.54, 1.807) is 13.8 Å². The van der Waals surface area contributed by atoms with E-state index in [4.69, 9.17) is 4.74 Å². The topological polar surface area (TPSA) is 26.3 Å². The van der Waals surface area contributed by atoms with Crippen molar-refractivity contribution in [1.82, 2.24) is 0 Å². The minimum absolute atomic E-state index is 0.117. The molecule has 88 valence electrons. The van der Waals surface area contributed by atoms with Gasteiger partial charge in [0.1, 0.15) is 5.75 Å². The Labute approximate surface area is 91.0 Å². The third-order valence-electron chi connectivity index (χ3n) is 1.87. The van der Waals surface area contributed by atoms with Crippen molar-refractivity contribution < 1.29 is 22.7 Å². The third-order valence-corrected chi connectivity index (χ3v) is 1.87. The van der Waals surface area contributed by atoms with Crippen LogP contribution in [-0.4, -0.2) is 5.97 Å². The van der Waals surface area contributed by atoms with Gasteiger partial charge < -0.3 is 4.74 Å². The summed E-state index contributed by atoms with van der Waals surface area (Å²) in [6, 6.07) is 4.01. The van der Waals surface area contributed by atoms with Gasteiger partial charge in [0.15, 0.2) is 0 Å². The van der Waals surface area contributed by atoms with Gasteiger partial charge in [-0.05, 0) is 24.3 Å². The Kier molecular flexibility index (Phi) is 3.57. The first-order valence-corrected chi connectivity index (χ1v) is 4.69. The summed E-state index contributed by atoms with van der Waals surface area (Å²) in [4.78, 5) is 11.1. The van der Waals surface area contributed by atoms with Crippen molar-refractivity contribution in [3.63, 3.8) is 0 Å². The van der Waals surface area contributed by atoms with E-state index in [1.165, 1.54) is 0 Å². The maximum atomic E-state index is 12.2. The van der Waals surface area contributed by atoms with Gasteiger partial charge >= 0.3 is 12.1 Å². The maximum absolute atomic E-state index is 12.2. The van der Waals surface area contributed by atoms with Crippen molar-refractivity contribution in [2.24, 2.45) is 5.92 Å². The summed E-state index contributed by atoms with van der Waals surface area (Å²) < 4.78 is 41.4. The fourth-order valence-corrected chi connectivity index (χ4v) is 0.946. The first kappa shape index (κ1) is 12.5. The lowest BCUT2D eigenvalue weighted by Gasteiger charge is -2.09. The van der Waals surface area contributed by atoms with Gasteiger partial charge in [0.25, 0.3) is 0 Å². The van der Waals surface area contributed by atoms with Crippen LogP contribution in [0.1, 0.15) is 19.4 Å². The lowest BCUT2D eigenvalue weighted by molar-refractivity contribution is -0.137. The van der Waals surface area contributed by atoms with E-state index in [2.05, 4.69) is 0 Å². The van der Waals surface area contributed by atoms with E-state index >= 15 is 0 Å². The normalized spacial score (nSPS) is 11.6.